The number of nitriles is 2. The highest BCUT2D eigenvalue weighted by Crippen LogP contribution is 2.65. The molecule has 0 unspecified atom stereocenters. The Kier molecular flexibility index (Phi) is 8.17. The van der Waals surface area contributed by atoms with E-state index in [1.807, 2.05) is 47.4 Å². The number of fused-ring (bicyclic) bond motifs is 12. The maximum atomic E-state index is 14.6. The van der Waals surface area contributed by atoms with Gasteiger partial charge in [0.2, 0.25) is 0 Å². The number of halogens is 2. The third kappa shape index (κ3) is 5.26. The average Bonchev–Trinajstić information content (AvgIpc) is 3.78. The highest BCUT2D eigenvalue weighted by molar-refractivity contribution is 6.12. The van der Waals surface area contributed by atoms with Crippen molar-refractivity contribution >= 4 is 44.9 Å². The average molecular weight is 787 g/mol. The van der Waals surface area contributed by atoms with Gasteiger partial charge in [-0.25, -0.2) is 8.78 Å². The van der Waals surface area contributed by atoms with Gasteiger partial charge in [0.1, 0.15) is 23.8 Å². The summed E-state index contributed by atoms with van der Waals surface area (Å²) in [5.41, 5.74) is 13.4. The summed E-state index contributed by atoms with van der Waals surface area (Å²) < 4.78 is 29.1. The van der Waals surface area contributed by atoms with E-state index in [1.54, 1.807) is 36.4 Å². The summed E-state index contributed by atoms with van der Waals surface area (Å²) in [7, 11) is 0. The molecule has 0 bridgehead atoms. The van der Waals surface area contributed by atoms with Gasteiger partial charge in [-0.2, -0.15) is 10.5 Å². The third-order valence-electron chi connectivity index (χ3n) is 12.3. The van der Waals surface area contributed by atoms with Gasteiger partial charge in [0.15, 0.2) is 0 Å². The van der Waals surface area contributed by atoms with E-state index in [1.165, 1.54) is 24.3 Å². The van der Waals surface area contributed by atoms with Gasteiger partial charge < -0.3 is 9.80 Å². The van der Waals surface area contributed by atoms with Crippen molar-refractivity contribution in [3.63, 3.8) is 0 Å². The van der Waals surface area contributed by atoms with Crippen molar-refractivity contribution in [2.24, 2.45) is 0 Å². The number of nitrogens with zero attached hydrogens (tertiary/aromatic N) is 4. The molecule has 0 radical (unpaired) electrons. The first kappa shape index (κ1) is 35.8. The van der Waals surface area contributed by atoms with Crippen molar-refractivity contribution in [2.75, 3.05) is 9.80 Å². The Morgan fingerprint density at radius 1 is 0.377 bits per heavy atom. The second-order valence-corrected chi connectivity index (χ2v) is 15.3. The fourth-order valence-electron chi connectivity index (χ4n) is 9.83. The lowest BCUT2D eigenvalue weighted by Crippen LogP contribution is -2.26. The maximum Gasteiger partial charge on any atom is 0.123 e. The minimum atomic E-state index is -0.820. The van der Waals surface area contributed by atoms with Gasteiger partial charge in [-0.1, -0.05) is 103 Å². The smallest absolute Gasteiger partial charge is 0.123 e. The van der Waals surface area contributed by atoms with Crippen LogP contribution in [0.15, 0.2) is 194 Å². The summed E-state index contributed by atoms with van der Waals surface area (Å²) in [6.07, 6.45) is 0. The fraction of sp³-hybridized carbons (Fsp3) is 0.0182. The van der Waals surface area contributed by atoms with Crippen LogP contribution in [0.2, 0.25) is 0 Å². The quantitative estimate of drug-likeness (QED) is 0.168. The van der Waals surface area contributed by atoms with Gasteiger partial charge in [-0.3, -0.25) is 0 Å². The number of benzene rings is 9. The first-order valence-corrected chi connectivity index (χ1v) is 20.0. The number of hydrogen-bond donors (Lipinski definition) is 0. The number of anilines is 6. The first-order chi connectivity index (χ1) is 30.0. The predicted molar refractivity (Wildman–Crippen MR) is 239 cm³/mol. The SMILES string of the molecule is N#Cc1ccccc1N(c1ccc(F)cc1)c1ccc2c(c1)C1(c3ccccc3-c3ccccc31)c1cc(N(c3ccc(F)cc3)c3ccccc3C#N)c3ccccc3c1-2. The zero-order valence-corrected chi connectivity index (χ0v) is 32.5. The van der Waals surface area contributed by atoms with E-state index in [4.69, 9.17) is 0 Å². The van der Waals surface area contributed by atoms with Crippen LogP contribution in [0, 0.1) is 34.3 Å². The van der Waals surface area contributed by atoms with Crippen LogP contribution < -0.4 is 9.80 Å². The standard InChI is InChI=1S/C55H32F2N4/c56-37-21-25-39(26-22-37)60(51-19-9-1-11-35(51)33-58)41-29-30-46-49(31-41)55(47-17-7-5-13-42(47)43-14-6-8-18-48(43)55)50-32-53(44-15-3-4-16-45(44)54(46)50)61(40-27-23-38(57)24-28-40)52-20-10-2-12-36(52)34-59/h1-32H. The van der Waals surface area contributed by atoms with Crippen LogP contribution >= 0.6 is 0 Å². The molecule has 6 heteroatoms. The monoisotopic (exact) mass is 786 g/mol. The van der Waals surface area contributed by atoms with Crippen LogP contribution in [-0.2, 0) is 5.41 Å². The van der Waals surface area contributed by atoms with Gasteiger partial charge in [0.25, 0.3) is 0 Å². The van der Waals surface area contributed by atoms with Gasteiger partial charge in [0.05, 0.1) is 33.6 Å². The molecule has 0 atom stereocenters. The topological polar surface area (TPSA) is 54.1 Å². The highest BCUT2D eigenvalue weighted by Gasteiger charge is 2.52. The summed E-state index contributed by atoms with van der Waals surface area (Å²) in [4.78, 5) is 4.10. The van der Waals surface area contributed by atoms with E-state index in [2.05, 4.69) is 108 Å². The second kappa shape index (κ2) is 13.9. The Bertz CT molecular complexity index is 3280. The van der Waals surface area contributed by atoms with Crippen molar-refractivity contribution in [1.82, 2.24) is 0 Å². The molecule has 9 aromatic rings. The van der Waals surface area contributed by atoms with Crippen LogP contribution in [0.4, 0.5) is 42.9 Å². The van der Waals surface area contributed by atoms with E-state index in [9.17, 15) is 19.3 Å². The first-order valence-electron chi connectivity index (χ1n) is 20.0. The fourth-order valence-corrected chi connectivity index (χ4v) is 9.83. The molecule has 61 heavy (non-hydrogen) atoms. The van der Waals surface area contributed by atoms with E-state index in [-0.39, 0.29) is 11.6 Å². The van der Waals surface area contributed by atoms with Crippen LogP contribution in [0.3, 0.4) is 0 Å². The van der Waals surface area contributed by atoms with Crippen LogP contribution in [-0.4, -0.2) is 0 Å². The van der Waals surface area contributed by atoms with Gasteiger partial charge >= 0.3 is 0 Å². The summed E-state index contributed by atoms with van der Waals surface area (Å²) >= 11 is 0. The minimum absolute atomic E-state index is 0.352. The molecular formula is C55H32F2N4. The molecule has 0 amide bonds. The Morgan fingerprint density at radius 3 is 1.44 bits per heavy atom. The largest absolute Gasteiger partial charge is 0.309 e. The lowest BCUT2D eigenvalue weighted by molar-refractivity contribution is 0.627. The maximum absolute atomic E-state index is 14.6. The lowest BCUT2D eigenvalue weighted by Gasteiger charge is -2.34. The molecule has 2 aliphatic rings. The van der Waals surface area contributed by atoms with Crippen LogP contribution in [0.5, 0.6) is 0 Å². The molecule has 0 saturated heterocycles. The second-order valence-electron chi connectivity index (χ2n) is 15.3. The molecule has 9 aromatic carbocycles. The molecule has 0 aliphatic heterocycles. The van der Waals surface area contributed by atoms with Crippen molar-refractivity contribution in [1.29, 1.82) is 10.5 Å². The van der Waals surface area contributed by atoms with Crippen molar-refractivity contribution < 1.29 is 8.78 Å². The molecule has 0 saturated carbocycles. The van der Waals surface area contributed by atoms with Crippen LogP contribution in [0.25, 0.3) is 33.0 Å². The molecule has 0 heterocycles. The lowest BCUT2D eigenvalue weighted by atomic mass is 9.70. The molecule has 4 nitrogen and oxygen atoms in total. The van der Waals surface area contributed by atoms with E-state index < -0.39 is 5.41 Å². The third-order valence-corrected chi connectivity index (χ3v) is 12.3. The molecular weight excluding hydrogens is 755 g/mol. The Hall–Kier alpha value is -8.32. The summed E-state index contributed by atoms with van der Waals surface area (Å²) in [6, 6.07) is 66.9. The van der Waals surface area contributed by atoms with E-state index in [0.717, 1.165) is 66.7 Å². The Morgan fingerprint density at radius 2 is 0.852 bits per heavy atom. The molecule has 0 fully saturated rings. The number of para-hydroxylation sites is 2. The molecule has 2 aliphatic carbocycles. The molecule has 11 rings (SSSR count). The number of hydrogen-bond acceptors (Lipinski definition) is 4. The molecule has 0 aromatic heterocycles. The van der Waals surface area contributed by atoms with Crippen LogP contribution in [0.1, 0.15) is 33.4 Å². The summed E-state index contributed by atoms with van der Waals surface area (Å²) in [5.74, 6) is -0.706. The highest BCUT2D eigenvalue weighted by atomic mass is 19.1. The minimum Gasteiger partial charge on any atom is -0.309 e. The van der Waals surface area contributed by atoms with Gasteiger partial charge in [-0.05, 0) is 141 Å². The Balaban J connectivity index is 1.27. The molecule has 0 N–H and O–H groups in total. The zero-order chi connectivity index (χ0) is 41.2. The van der Waals surface area contributed by atoms with Crippen molar-refractivity contribution in [3.8, 4) is 34.4 Å². The predicted octanol–water partition coefficient (Wildman–Crippen LogP) is 14.1. The van der Waals surface area contributed by atoms with E-state index in [0.29, 0.717) is 33.9 Å². The van der Waals surface area contributed by atoms with E-state index >= 15 is 0 Å². The number of rotatable bonds is 6. The van der Waals surface area contributed by atoms with Gasteiger partial charge in [0, 0.05) is 22.4 Å². The summed E-state index contributed by atoms with van der Waals surface area (Å²) in [6.45, 7) is 0. The summed E-state index contributed by atoms with van der Waals surface area (Å²) in [5, 5.41) is 22.8. The molecule has 286 valence electrons. The zero-order valence-electron chi connectivity index (χ0n) is 32.5. The normalized spacial score (nSPS) is 12.5. The Labute approximate surface area is 351 Å². The molecule has 1 spiro atoms. The van der Waals surface area contributed by atoms with Crippen molar-refractivity contribution in [2.45, 2.75) is 5.41 Å². The van der Waals surface area contributed by atoms with Crippen molar-refractivity contribution in [3.05, 3.63) is 239 Å². The van der Waals surface area contributed by atoms with Gasteiger partial charge in [-0.15, -0.1) is 0 Å².